The lowest BCUT2D eigenvalue weighted by Gasteiger charge is -2.18. The van der Waals surface area contributed by atoms with Crippen molar-refractivity contribution in [3.05, 3.63) is 25.3 Å². The van der Waals surface area contributed by atoms with Gasteiger partial charge in [-0.3, -0.25) is 9.59 Å². The summed E-state index contributed by atoms with van der Waals surface area (Å²) in [4.78, 5) is 22.7. The first-order valence-electron chi connectivity index (χ1n) is 7.46. The van der Waals surface area contributed by atoms with E-state index in [4.69, 9.17) is 0 Å². The van der Waals surface area contributed by atoms with Gasteiger partial charge >= 0.3 is 0 Å². The van der Waals surface area contributed by atoms with Crippen molar-refractivity contribution in [2.45, 2.75) is 24.3 Å². The van der Waals surface area contributed by atoms with Gasteiger partial charge in [-0.1, -0.05) is 50.5 Å². The van der Waals surface area contributed by atoms with Crippen LogP contribution in [0.2, 0.25) is 0 Å². The Morgan fingerprint density at radius 1 is 0.826 bits per heavy atom. The van der Waals surface area contributed by atoms with E-state index in [1.807, 2.05) is 35.3 Å². The Labute approximate surface area is 162 Å². The summed E-state index contributed by atoms with van der Waals surface area (Å²) in [7, 11) is 0. The van der Waals surface area contributed by atoms with E-state index in [-0.39, 0.29) is 10.2 Å². The molecule has 0 aliphatic carbocycles. The number of carbonyl (C=O) groups is 2. The molecule has 0 aromatic rings. The largest absolute Gasteiger partial charge is 0.282 e. The molecule has 23 heavy (non-hydrogen) atoms. The van der Waals surface area contributed by atoms with E-state index in [1.54, 1.807) is 0 Å². The molecule has 132 valence electrons. The summed E-state index contributed by atoms with van der Waals surface area (Å²) in [6.45, 7) is 11.3. The monoisotopic (exact) mass is 410 g/mol. The van der Waals surface area contributed by atoms with Gasteiger partial charge in [-0.25, -0.2) is 0 Å². The third-order valence-corrected chi connectivity index (χ3v) is 9.01. The topological polar surface area (TPSA) is 34.1 Å². The molecule has 0 saturated heterocycles. The van der Waals surface area contributed by atoms with Gasteiger partial charge in [0.2, 0.25) is 10.2 Å². The third kappa shape index (κ3) is 13.5. The molecule has 0 aromatic carbocycles. The second-order valence-corrected chi connectivity index (χ2v) is 10.6. The maximum absolute atomic E-state index is 11.3. The predicted molar refractivity (Wildman–Crippen MR) is 116 cm³/mol. The molecule has 2 atom stereocenters. The molecule has 0 aliphatic rings. The van der Waals surface area contributed by atoms with Crippen LogP contribution in [-0.2, 0) is 9.59 Å². The van der Waals surface area contributed by atoms with Gasteiger partial charge in [-0.15, -0.1) is 0 Å². The fourth-order valence-corrected chi connectivity index (χ4v) is 7.39. The van der Waals surface area contributed by atoms with E-state index in [0.29, 0.717) is 10.5 Å². The van der Waals surface area contributed by atoms with E-state index in [0.717, 1.165) is 34.5 Å². The standard InChI is InChI=1S/C16H26O2S5/c1-5-15(17)22-11-13(20-7-3)9-19-10-14(21-8-4)12-23-16(18)6-2/h5-6,13-14H,1-2,7-12H2,3-4H3. The molecular formula is C16H26O2S5. The van der Waals surface area contributed by atoms with Crippen LogP contribution < -0.4 is 0 Å². The maximum atomic E-state index is 11.3. The molecule has 0 heterocycles. The third-order valence-electron chi connectivity index (χ3n) is 2.57. The minimum atomic E-state index is 0.0513. The molecule has 0 spiro atoms. The summed E-state index contributed by atoms with van der Waals surface area (Å²) in [5.41, 5.74) is 0. The summed E-state index contributed by atoms with van der Waals surface area (Å²) >= 11 is 8.45. The fraction of sp³-hybridized carbons (Fsp3) is 0.625. The lowest BCUT2D eigenvalue weighted by molar-refractivity contribution is -0.107. The molecule has 0 rings (SSSR count). The highest BCUT2D eigenvalue weighted by molar-refractivity contribution is 8.15. The molecule has 0 bridgehead atoms. The Balaban J connectivity index is 4.17. The molecular weight excluding hydrogens is 385 g/mol. The van der Waals surface area contributed by atoms with Gasteiger partial charge in [0.15, 0.2) is 0 Å². The zero-order valence-corrected chi connectivity index (χ0v) is 17.9. The molecule has 0 amide bonds. The minimum absolute atomic E-state index is 0.0513. The predicted octanol–water partition coefficient (Wildman–Crippen LogP) is 4.85. The second-order valence-electron chi connectivity index (χ2n) is 4.36. The highest BCUT2D eigenvalue weighted by Gasteiger charge is 2.14. The molecule has 7 heteroatoms. The van der Waals surface area contributed by atoms with Crippen molar-refractivity contribution in [1.82, 2.24) is 0 Å². The Bertz CT molecular complexity index is 339. The quantitative estimate of drug-likeness (QED) is 0.378. The number of thioether (sulfide) groups is 5. The smallest absolute Gasteiger partial charge is 0.211 e. The molecule has 0 aromatic heterocycles. The Kier molecular flexibility index (Phi) is 16.5. The molecule has 0 radical (unpaired) electrons. The van der Waals surface area contributed by atoms with Gasteiger partial charge in [0.05, 0.1) is 0 Å². The van der Waals surface area contributed by atoms with E-state index >= 15 is 0 Å². The lowest BCUT2D eigenvalue weighted by atomic mass is 10.5. The van der Waals surface area contributed by atoms with Crippen molar-refractivity contribution in [2.75, 3.05) is 34.5 Å². The summed E-state index contributed by atoms with van der Waals surface area (Å²) < 4.78 is 0. The zero-order valence-electron chi connectivity index (χ0n) is 13.8. The average molecular weight is 411 g/mol. The number of hydrogen-bond donors (Lipinski definition) is 0. The van der Waals surface area contributed by atoms with Crippen molar-refractivity contribution in [1.29, 1.82) is 0 Å². The van der Waals surface area contributed by atoms with E-state index in [2.05, 4.69) is 27.0 Å². The van der Waals surface area contributed by atoms with E-state index in [9.17, 15) is 9.59 Å². The van der Waals surface area contributed by atoms with Gasteiger partial charge < -0.3 is 0 Å². The SMILES string of the molecule is C=CC(=O)SCC(CSCC(CSC(=O)C=C)SCC)SCC. The highest BCUT2D eigenvalue weighted by Crippen LogP contribution is 2.25. The van der Waals surface area contributed by atoms with Gasteiger partial charge in [-0.2, -0.15) is 35.3 Å². The Hall–Kier alpha value is 0.570. The van der Waals surface area contributed by atoms with Crippen LogP contribution in [0.25, 0.3) is 0 Å². The van der Waals surface area contributed by atoms with Crippen molar-refractivity contribution in [3.63, 3.8) is 0 Å². The van der Waals surface area contributed by atoms with E-state index < -0.39 is 0 Å². The van der Waals surface area contributed by atoms with Crippen LogP contribution in [0.15, 0.2) is 25.3 Å². The number of hydrogen-bond acceptors (Lipinski definition) is 7. The molecule has 0 aliphatic heterocycles. The summed E-state index contributed by atoms with van der Waals surface area (Å²) in [5, 5.41) is 1.06. The van der Waals surface area contributed by atoms with Gasteiger partial charge in [0.25, 0.3) is 0 Å². The van der Waals surface area contributed by atoms with Crippen LogP contribution in [-0.4, -0.2) is 55.2 Å². The molecule has 2 nitrogen and oxygen atoms in total. The van der Waals surface area contributed by atoms with Crippen LogP contribution in [0, 0.1) is 0 Å². The summed E-state index contributed by atoms with van der Waals surface area (Å²) in [6, 6.07) is 0. The van der Waals surface area contributed by atoms with Crippen LogP contribution in [0.3, 0.4) is 0 Å². The Morgan fingerprint density at radius 2 is 1.22 bits per heavy atom. The lowest BCUT2D eigenvalue weighted by Crippen LogP contribution is -2.16. The maximum Gasteiger partial charge on any atom is 0.211 e. The zero-order chi connectivity index (χ0) is 17.5. The summed E-state index contributed by atoms with van der Waals surface area (Å²) in [6.07, 6.45) is 2.76. The first-order valence-corrected chi connectivity index (χ1v) is 12.7. The van der Waals surface area contributed by atoms with Crippen molar-refractivity contribution >= 4 is 69.0 Å². The van der Waals surface area contributed by atoms with Crippen LogP contribution in [0.1, 0.15) is 13.8 Å². The first kappa shape index (κ1) is 23.6. The van der Waals surface area contributed by atoms with Gasteiger partial charge in [0, 0.05) is 33.5 Å². The molecule has 0 fully saturated rings. The number of rotatable bonds is 14. The van der Waals surface area contributed by atoms with Crippen molar-refractivity contribution < 1.29 is 9.59 Å². The van der Waals surface area contributed by atoms with E-state index in [1.165, 1.54) is 35.7 Å². The average Bonchev–Trinajstić information content (AvgIpc) is 2.56. The van der Waals surface area contributed by atoms with Gasteiger partial charge in [-0.05, 0) is 23.7 Å². The molecule has 0 saturated carbocycles. The van der Waals surface area contributed by atoms with Crippen LogP contribution in [0.4, 0.5) is 0 Å². The first-order chi connectivity index (χ1) is 11.1. The van der Waals surface area contributed by atoms with Crippen LogP contribution >= 0.6 is 58.8 Å². The van der Waals surface area contributed by atoms with Crippen molar-refractivity contribution in [2.24, 2.45) is 0 Å². The second kappa shape index (κ2) is 16.1. The number of carbonyl (C=O) groups excluding carboxylic acids is 2. The Morgan fingerprint density at radius 3 is 1.52 bits per heavy atom. The molecule has 2 unspecified atom stereocenters. The minimum Gasteiger partial charge on any atom is -0.282 e. The normalized spacial score (nSPS) is 13.3. The van der Waals surface area contributed by atoms with Gasteiger partial charge in [0.1, 0.15) is 0 Å². The highest BCUT2D eigenvalue weighted by atomic mass is 32.2. The molecule has 0 N–H and O–H groups in total. The fourth-order valence-electron chi connectivity index (χ4n) is 1.56. The van der Waals surface area contributed by atoms with Crippen molar-refractivity contribution in [3.8, 4) is 0 Å². The summed E-state index contributed by atoms with van der Waals surface area (Å²) in [5.74, 6) is 5.88. The van der Waals surface area contributed by atoms with Crippen LogP contribution in [0.5, 0.6) is 0 Å².